The van der Waals surface area contributed by atoms with Crippen LogP contribution in [0.1, 0.15) is 43.7 Å². The number of rotatable bonds is 6. The first-order valence-corrected chi connectivity index (χ1v) is 7.70. The zero-order chi connectivity index (χ0) is 14.4. The van der Waals surface area contributed by atoms with Gasteiger partial charge in [-0.15, -0.1) is 0 Å². The summed E-state index contributed by atoms with van der Waals surface area (Å²) in [6, 6.07) is 7.93. The van der Waals surface area contributed by atoms with Crippen molar-refractivity contribution in [3.63, 3.8) is 0 Å². The molecule has 1 aliphatic heterocycles. The maximum absolute atomic E-state index is 10.9. The van der Waals surface area contributed by atoms with Gasteiger partial charge < -0.3 is 5.11 Å². The van der Waals surface area contributed by atoms with Gasteiger partial charge in [-0.05, 0) is 43.0 Å². The lowest BCUT2D eigenvalue weighted by Crippen LogP contribution is -2.33. The predicted octanol–water partition coefficient (Wildman–Crippen LogP) is 3.33. The van der Waals surface area contributed by atoms with Gasteiger partial charge in [0.05, 0.1) is 6.42 Å². The van der Waals surface area contributed by atoms with Crippen LogP contribution < -0.4 is 0 Å². The molecule has 1 fully saturated rings. The lowest BCUT2D eigenvalue weighted by atomic mass is 9.92. The van der Waals surface area contributed by atoms with Gasteiger partial charge in [-0.1, -0.05) is 44.0 Å². The predicted molar refractivity (Wildman–Crippen MR) is 80.7 cm³/mol. The van der Waals surface area contributed by atoms with E-state index >= 15 is 0 Å². The Bertz CT molecular complexity index is 436. The van der Waals surface area contributed by atoms with Crippen LogP contribution in [0.25, 0.3) is 0 Å². The summed E-state index contributed by atoms with van der Waals surface area (Å²) in [6.45, 7) is 5.44. The van der Waals surface area contributed by atoms with Crippen LogP contribution in [0, 0.1) is 5.92 Å². The Morgan fingerprint density at radius 2 is 1.90 bits per heavy atom. The van der Waals surface area contributed by atoms with E-state index in [-0.39, 0.29) is 6.42 Å². The minimum absolute atomic E-state index is 0.127. The van der Waals surface area contributed by atoms with E-state index in [1.165, 1.54) is 31.2 Å². The monoisotopic (exact) mass is 275 g/mol. The third-order valence-corrected chi connectivity index (χ3v) is 4.26. The normalized spacial score (nSPS) is 17.2. The molecule has 1 saturated heterocycles. The Balaban J connectivity index is 1.92. The topological polar surface area (TPSA) is 40.5 Å². The Morgan fingerprint density at radius 1 is 1.25 bits per heavy atom. The fourth-order valence-corrected chi connectivity index (χ4v) is 3.13. The fourth-order valence-electron chi connectivity index (χ4n) is 3.13. The van der Waals surface area contributed by atoms with E-state index in [0.29, 0.717) is 0 Å². The van der Waals surface area contributed by atoms with Crippen LogP contribution in [0.2, 0.25) is 0 Å². The molecule has 1 aromatic carbocycles. The molecule has 0 radical (unpaired) electrons. The summed E-state index contributed by atoms with van der Waals surface area (Å²) in [7, 11) is 0. The summed E-state index contributed by atoms with van der Waals surface area (Å²) in [5.74, 6) is 0.143. The maximum Gasteiger partial charge on any atom is 0.307 e. The SMILES string of the molecule is CCCC1CCN(Cc2ccccc2CC(=O)O)CC1. The molecule has 3 nitrogen and oxygen atoms in total. The van der Waals surface area contributed by atoms with Crippen LogP contribution in [-0.4, -0.2) is 29.1 Å². The summed E-state index contributed by atoms with van der Waals surface area (Å²) >= 11 is 0. The molecule has 0 amide bonds. The van der Waals surface area contributed by atoms with Gasteiger partial charge in [0.15, 0.2) is 0 Å². The summed E-state index contributed by atoms with van der Waals surface area (Å²) in [6.07, 6.45) is 5.34. The molecule has 1 aliphatic rings. The number of hydrogen-bond donors (Lipinski definition) is 1. The number of carboxylic acid groups (broad SMARTS) is 1. The van der Waals surface area contributed by atoms with Crippen molar-refractivity contribution in [2.24, 2.45) is 5.92 Å². The van der Waals surface area contributed by atoms with Gasteiger partial charge >= 0.3 is 5.97 Å². The van der Waals surface area contributed by atoms with Crippen LogP contribution in [0.3, 0.4) is 0 Å². The van der Waals surface area contributed by atoms with Gasteiger partial charge in [0.25, 0.3) is 0 Å². The molecule has 0 unspecified atom stereocenters. The highest BCUT2D eigenvalue weighted by Crippen LogP contribution is 2.23. The zero-order valence-corrected chi connectivity index (χ0v) is 12.3. The standard InChI is InChI=1S/C17H25NO2/c1-2-5-14-8-10-18(11-9-14)13-16-7-4-3-6-15(16)12-17(19)20/h3-4,6-7,14H,2,5,8-13H2,1H3,(H,19,20). The van der Waals surface area contributed by atoms with Crippen LogP contribution in [0.4, 0.5) is 0 Å². The van der Waals surface area contributed by atoms with E-state index in [2.05, 4.69) is 17.9 Å². The van der Waals surface area contributed by atoms with Crippen molar-refractivity contribution in [3.05, 3.63) is 35.4 Å². The summed E-state index contributed by atoms with van der Waals surface area (Å²) in [4.78, 5) is 13.4. The van der Waals surface area contributed by atoms with E-state index < -0.39 is 5.97 Å². The highest BCUT2D eigenvalue weighted by atomic mass is 16.4. The highest BCUT2D eigenvalue weighted by molar-refractivity contribution is 5.70. The van der Waals surface area contributed by atoms with Gasteiger partial charge in [0, 0.05) is 6.54 Å². The van der Waals surface area contributed by atoms with Crippen molar-refractivity contribution < 1.29 is 9.90 Å². The molecule has 0 aliphatic carbocycles. The molecular weight excluding hydrogens is 250 g/mol. The van der Waals surface area contributed by atoms with Gasteiger partial charge in [-0.3, -0.25) is 9.69 Å². The van der Waals surface area contributed by atoms with Gasteiger partial charge in [0.2, 0.25) is 0 Å². The van der Waals surface area contributed by atoms with Crippen molar-refractivity contribution in [2.75, 3.05) is 13.1 Å². The molecule has 0 saturated carbocycles. The fraction of sp³-hybridized carbons (Fsp3) is 0.588. The molecule has 110 valence electrons. The number of nitrogens with zero attached hydrogens (tertiary/aromatic N) is 1. The molecule has 1 heterocycles. The van der Waals surface area contributed by atoms with Crippen LogP contribution in [0.5, 0.6) is 0 Å². The smallest absolute Gasteiger partial charge is 0.307 e. The minimum Gasteiger partial charge on any atom is -0.481 e. The van der Waals surface area contributed by atoms with E-state index in [1.807, 2.05) is 18.2 Å². The van der Waals surface area contributed by atoms with Crippen molar-refractivity contribution in [1.29, 1.82) is 0 Å². The van der Waals surface area contributed by atoms with E-state index in [0.717, 1.165) is 31.1 Å². The number of likely N-dealkylation sites (tertiary alicyclic amines) is 1. The lowest BCUT2D eigenvalue weighted by Gasteiger charge is -2.32. The average Bonchev–Trinajstić information content (AvgIpc) is 2.43. The first kappa shape index (κ1) is 15.0. The van der Waals surface area contributed by atoms with Gasteiger partial charge in [-0.25, -0.2) is 0 Å². The lowest BCUT2D eigenvalue weighted by molar-refractivity contribution is -0.136. The summed E-state index contributed by atoms with van der Waals surface area (Å²) in [5.41, 5.74) is 2.12. The second-order valence-electron chi connectivity index (χ2n) is 5.85. The average molecular weight is 275 g/mol. The first-order valence-electron chi connectivity index (χ1n) is 7.70. The number of aliphatic carboxylic acids is 1. The molecule has 1 aromatic rings. The van der Waals surface area contributed by atoms with Crippen molar-refractivity contribution in [2.45, 2.75) is 45.6 Å². The molecule has 3 heteroatoms. The van der Waals surface area contributed by atoms with Crippen molar-refractivity contribution in [1.82, 2.24) is 4.90 Å². The zero-order valence-electron chi connectivity index (χ0n) is 12.3. The molecule has 0 aromatic heterocycles. The first-order chi connectivity index (χ1) is 9.69. The van der Waals surface area contributed by atoms with E-state index in [4.69, 9.17) is 5.11 Å². The van der Waals surface area contributed by atoms with Crippen LogP contribution >= 0.6 is 0 Å². The molecule has 0 spiro atoms. The molecule has 20 heavy (non-hydrogen) atoms. The maximum atomic E-state index is 10.9. The Labute approximate surface area is 121 Å². The van der Waals surface area contributed by atoms with Crippen molar-refractivity contribution >= 4 is 5.97 Å². The molecule has 2 rings (SSSR count). The Kier molecular flexibility index (Phi) is 5.60. The third kappa shape index (κ3) is 4.34. The number of hydrogen-bond acceptors (Lipinski definition) is 2. The molecule has 0 bridgehead atoms. The molecule has 0 atom stereocenters. The third-order valence-electron chi connectivity index (χ3n) is 4.26. The Hall–Kier alpha value is -1.35. The minimum atomic E-state index is -0.751. The summed E-state index contributed by atoms with van der Waals surface area (Å²) in [5, 5.41) is 8.98. The largest absolute Gasteiger partial charge is 0.481 e. The second-order valence-corrected chi connectivity index (χ2v) is 5.85. The number of benzene rings is 1. The number of carboxylic acids is 1. The second kappa shape index (κ2) is 7.44. The van der Waals surface area contributed by atoms with Crippen LogP contribution in [0.15, 0.2) is 24.3 Å². The number of piperidine rings is 1. The Morgan fingerprint density at radius 3 is 2.50 bits per heavy atom. The molecular formula is C17H25NO2. The summed E-state index contributed by atoms with van der Waals surface area (Å²) < 4.78 is 0. The van der Waals surface area contributed by atoms with Crippen LogP contribution in [-0.2, 0) is 17.8 Å². The number of carbonyl (C=O) groups is 1. The quantitative estimate of drug-likeness (QED) is 0.865. The van der Waals surface area contributed by atoms with E-state index in [1.54, 1.807) is 0 Å². The van der Waals surface area contributed by atoms with E-state index in [9.17, 15) is 4.79 Å². The van der Waals surface area contributed by atoms with Gasteiger partial charge in [-0.2, -0.15) is 0 Å². The van der Waals surface area contributed by atoms with Gasteiger partial charge in [0.1, 0.15) is 0 Å². The highest BCUT2D eigenvalue weighted by Gasteiger charge is 2.19. The molecule has 1 N–H and O–H groups in total. The van der Waals surface area contributed by atoms with Crippen molar-refractivity contribution in [3.8, 4) is 0 Å².